The number of nitrogens with zero attached hydrogens (tertiary/aromatic N) is 1. The maximum absolute atomic E-state index is 8.90. The predicted molar refractivity (Wildman–Crippen MR) is 101 cm³/mol. The third kappa shape index (κ3) is 4.62. The zero-order valence-electron chi connectivity index (χ0n) is 15.3. The van der Waals surface area contributed by atoms with Gasteiger partial charge < -0.3 is 0 Å². The molecule has 0 spiro atoms. The Morgan fingerprint density at radius 1 is 0.833 bits per heavy atom. The van der Waals surface area contributed by atoms with Crippen LogP contribution in [-0.2, 0) is 6.42 Å². The molecule has 2 aliphatic carbocycles. The van der Waals surface area contributed by atoms with Crippen LogP contribution < -0.4 is 0 Å². The largest absolute Gasteiger partial charge is 0.192 e. The first-order chi connectivity index (χ1) is 11.8. The Hall–Kier alpha value is -1.29. The molecule has 1 heteroatoms. The minimum absolute atomic E-state index is 0.779. The van der Waals surface area contributed by atoms with Gasteiger partial charge in [0.05, 0.1) is 11.6 Å². The molecule has 1 nitrogen and oxygen atoms in total. The Bertz CT molecular complexity index is 522. The van der Waals surface area contributed by atoms with Crippen molar-refractivity contribution in [2.45, 2.75) is 77.6 Å². The summed E-state index contributed by atoms with van der Waals surface area (Å²) in [6.07, 6.45) is 15.8. The van der Waals surface area contributed by atoms with E-state index in [9.17, 15) is 0 Å². The van der Waals surface area contributed by atoms with E-state index in [0.29, 0.717) is 0 Å². The number of hydrogen-bond donors (Lipinski definition) is 0. The van der Waals surface area contributed by atoms with E-state index in [1.807, 2.05) is 12.1 Å². The molecule has 1 aromatic rings. The summed E-state index contributed by atoms with van der Waals surface area (Å²) in [7, 11) is 0. The summed E-state index contributed by atoms with van der Waals surface area (Å²) in [5.41, 5.74) is 2.19. The standard InChI is InChI=1S/C23H33N/c1-2-3-18-8-12-22(13-9-18)23-14-10-20(11-15-23)16-19-4-6-21(17-24)7-5-19/h4-7,18,20,22-23H,2-3,8-16H2,1H3. The van der Waals surface area contributed by atoms with Crippen molar-refractivity contribution in [2.75, 3.05) is 0 Å². The summed E-state index contributed by atoms with van der Waals surface area (Å²) in [6.45, 7) is 2.33. The fraction of sp³-hybridized carbons (Fsp3) is 0.696. The molecule has 130 valence electrons. The normalized spacial score (nSPS) is 30.7. The van der Waals surface area contributed by atoms with Crippen LogP contribution in [0.25, 0.3) is 0 Å². The van der Waals surface area contributed by atoms with Gasteiger partial charge in [-0.3, -0.25) is 0 Å². The van der Waals surface area contributed by atoms with Crippen molar-refractivity contribution in [1.29, 1.82) is 5.26 Å². The van der Waals surface area contributed by atoms with Crippen molar-refractivity contribution in [3.8, 4) is 6.07 Å². The minimum atomic E-state index is 0.779. The van der Waals surface area contributed by atoms with Gasteiger partial charge in [0.25, 0.3) is 0 Å². The molecule has 2 saturated carbocycles. The van der Waals surface area contributed by atoms with Crippen molar-refractivity contribution in [3.63, 3.8) is 0 Å². The average Bonchev–Trinajstić information content (AvgIpc) is 2.64. The van der Waals surface area contributed by atoms with Crippen LogP contribution in [0.5, 0.6) is 0 Å². The van der Waals surface area contributed by atoms with E-state index in [0.717, 1.165) is 29.2 Å². The molecule has 0 amide bonds. The Balaban J connectivity index is 1.42. The van der Waals surface area contributed by atoms with E-state index in [2.05, 4.69) is 25.1 Å². The summed E-state index contributed by atoms with van der Waals surface area (Å²) in [5, 5.41) is 8.90. The van der Waals surface area contributed by atoms with Gasteiger partial charge in [0.15, 0.2) is 0 Å². The van der Waals surface area contributed by atoms with Crippen LogP contribution in [0.4, 0.5) is 0 Å². The van der Waals surface area contributed by atoms with Crippen molar-refractivity contribution in [1.82, 2.24) is 0 Å². The van der Waals surface area contributed by atoms with Gasteiger partial charge in [-0.05, 0) is 86.3 Å². The van der Waals surface area contributed by atoms with Crippen LogP contribution in [0, 0.1) is 35.0 Å². The SMILES string of the molecule is CCCC1CCC(C2CCC(Cc3ccc(C#N)cc3)CC2)CC1. The first kappa shape index (κ1) is 17.5. The third-order valence-corrected chi connectivity index (χ3v) is 6.75. The predicted octanol–water partition coefficient (Wildman–Crippen LogP) is 6.51. The second-order valence-corrected chi connectivity index (χ2v) is 8.36. The highest BCUT2D eigenvalue weighted by Crippen LogP contribution is 2.42. The number of nitriles is 1. The van der Waals surface area contributed by atoms with Gasteiger partial charge in [0.2, 0.25) is 0 Å². The van der Waals surface area contributed by atoms with E-state index >= 15 is 0 Å². The molecular weight excluding hydrogens is 290 g/mol. The van der Waals surface area contributed by atoms with Crippen LogP contribution in [0.3, 0.4) is 0 Å². The lowest BCUT2D eigenvalue weighted by Gasteiger charge is -2.38. The van der Waals surface area contributed by atoms with Gasteiger partial charge in [-0.2, -0.15) is 5.26 Å². The minimum Gasteiger partial charge on any atom is -0.192 e. The van der Waals surface area contributed by atoms with E-state index in [1.54, 1.807) is 0 Å². The number of benzene rings is 1. The van der Waals surface area contributed by atoms with Crippen LogP contribution in [0.15, 0.2) is 24.3 Å². The summed E-state index contributed by atoms with van der Waals surface area (Å²) in [4.78, 5) is 0. The Kier molecular flexibility index (Phi) is 6.36. The molecule has 0 bridgehead atoms. The summed E-state index contributed by atoms with van der Waals surface area (Å²) < 4.78 is 0. The summed E-state index contributed by atoms with van der Waals surface area (Å²) in [6, 6.07) is 10.5. The first-order valence-electron chi connectivity index (χ1n) is 10.3. The fourth-order valence-electron chi connectivity index (χ4n) is 5.27. The van der Waals surface area contributed by atoms with Crippen LogP contribution in [0.1, 0.15) is 82.3 Å². The highest BCUT2D eigenvalue weighted by atomic mass is 14.4. The molecule has 2 fully saturated rings. The van der Waals surface area contributed by atoms with E-state index < -0.39 is 0 Å². The first-order valence-corrected chi connectivity index (χ1v) is 10.3. The molecule has 1 aromatic carbocycles. The number of rotatable bonds is 5. The monoisotopic (exact) mass is 323 g/mol. The average molecular weight is 324 g/mol. The van der Waals surface area contributed by atoms with Gasteiger partial charge in [0.1, 0.15) is 0 Å². The second-order valence-electron chi connectivity index (χ2n) is 8.36. The molecule has 2 aliphatic rings. The molecule has 3 rings (SSSR count). The third-order valence-electron chi connectivity index (χ3n) is 6.75. The Labute approximate surface area is 148 Å². The van der Waals surface area contributed by atoms with Crippen molar-refractivity contribution in [3.05, 3.63) is 35.4 Å². The van der Waals surface area contributed by atoms with Gasteiger partial charge in [-0.1, -0.05) is 44.7 Å². The summed E-state index contributed by atoms with van der Waals surface area (Å²) in [5.74, 6) is 3.96. The molecule has 0 radical (unpaired) electrons. The van der Waals surface area contributed by atoms with Crippen LogP contribution >= 0.6 is 0 Å². The van der Waals surface area contributed by atoms with Gasteiger partial charge in [0, 0.05) is 0 Å². The van der Waals surface area contributed by atoms with Crippen LogP contribution in [-0.4, -0.2) is 0 Å². The van der Waals surface area contributed by atoms with E-state index in [4.69, 9.17) is 5.26 Å². The molecule has 0 aliphatic heterocycles. The smallest absolute Gasteiger partial charge is 0.0991 e. The van der Waals surface area contributed by atoms with Gasteiger partial charge >= 0.3 is 0 Å². The van der Waals surface area contributed by atoms with Crippen molar-refractivity contribution in [2.24, 2.45) is 23.7 Å². The lowest BCUT2D eigenvalue weighted by molar-refractivity contribution is 0.143. The quantitative estimate of drug-likeness (QED) is 0.605. The zero-order valence-corrected chi connectivity index (χ0v) is 15.3. The Morgan fingerprint density at radius 3 is 1.88 bits per heavy atom. The molecule has 0 unspecified atom stereocenters. The fourth-order valence-corrected chi connectivity index (χ4v) is 5.27. The summed E-state index contributed by atoms with van der Waals surface area (Å²) >= 11 is 0. The molecule has 0 aromatic heterocycles. The lowest BCUT2D eigenvalue weighted by atomic mass is 9.68. The highest BCUT2D eigenvalue weighted by molar-refractivity contribution is 5.31. The van der Waals surface area contributed by atoms with Gasteiger partial charge in [-0.25, -0.2) is 0 Å². The van der Waals surface area contributed by atoms with Crippen LogP contribution in [0.2, 0.25) is 0 Å². The molecular formula is C23H33N. The topological polar surface area (TPSA) is 23.8 Å². The molecule has 0 heterocycles. The Morgan fingerprint density at radius 2 is 1.38 bits per heavy atom. The molecule has 24 heavy (non-hydrogen) atoms. The number of hydrogen-bond acceptors (Lipinski definition) is 1. The molecule has 0 N–H and O–H groups in total. The van der Waals surface area contributed by atoms with Crippen molar-refractivity contribution < 1.29 is 0 Å². The molecule has 0 atom stereocenters. The van der Waals surface area contributed by atoms with Gasteiger partial charge in [-0.15, -0.1) is 0 Å². The maximum atomic E-state index is 8.90. The van der Waals surface area contributed by atoms with Crippen molar-refractivity contribution >= 4 is 0 Å². The second kappa shape index (κ2) is 8.70. The highest BCUT2D eigenvalue weighted by Gasteiger charge is 2.30. The maximum Gasteiger partial charge on any atom is 0.0991 e. The zero-order chi connectivity index (χ0) is 16.8. The molecule has 0 saturated heterocycles. The lowest BCUT2D eigenvalue weighted by Crippen LogP contribution is -2.26. The van der Waals surface area contributed by atoms with E-state index in [-0.39, 0.29) is 0 Å². The van der Waals surface area contributed by atoms with E-state index in [1.165, 1.54) is 76.2 Å².